The van der Waals surface area contributed by atoms with Gasteiger partial charge in [0.05, 0.1) is 0 Å². The summed E-state index contributed by atoms with van der Waals surface area (Å²) >= 11 is 0. The SMILES string of the molecule is Cc1c(C2C3CCN(CC3)C2Cc2cccnc2)oc2ccccc12. The van der Waals surface area contributed by atoms with Crippen molar-refractivity contribution >= 4 is 11.0 Å². The van der Waals surface area contributed by atoms with Gasteiger partial charge in [-0.15, -0.1) is 0 Å². The number of furan rings is 1. The lowest BCUT2D eigenvalue weighted by molar-refractivity contribution is 0.0181. The van der Waals surface area contributed by atoms with E-state index < -0.39 is 0 Å². The lowest BCUT2D eigenvalue weighted by atomic mass is 9.70. The molecule has 1 aromatic carbocycles. The van der Waals surface area contributed by atoms with Crippen LogP contribution in [0.15, 0.2) is 53.2 Å². The third-order valence-corrected chi connectivity index (χ3v) is 6.32. The van der Waals surface area contributed by atoms with Crippen LogP contribution in [0.2, 0.25) is 0 Å². The summed E-state index contributed by atoms with van der Waals surface area (Å²) in [6.45, 7) is 4.69. The predicted octanol–water partition coefficient (Wildman–Crippen LogP) is 4.56. The van der Waals surface area contributed by atoms with Gasteiger partial charge in [0.2, 0.25) is 0 Å². The zero-order valence-electron chi connectivity index (χ0n) is 14.7. The number of aromatic nitrogens is 1. The summed E-state index contributed by atoms with van der Waals surface area (Å²) < 4.78 is 6.42. The summed E-state index contributed by atoms with van der Waals surface area (Å²) in [4.78, 5) is 7.01. The number of pyridine rings is 1. The van der Waals surface area contributed by atoms with Crippen LogP contribution in [-0.4, -0.2) is 29.0 Å². The molecule has 25 heavy (non-hydrogen) atoms. The molecule has 3 aliphatic heterocycles. The monoisotopic (exact) mass is 332 g/mol. The Bertz CT molecular complexity index is 877. The van der Waals surface area contributed by atoms with Gasteiger partial charge in [-0.05, 0) is 68.5 Å². The quantitative estimate of drug-likeness (QED) is 0.704. The Morgan fingerprint density at radius 2 is 1.96 bits per heavy atom. The number of para-hydroxylation sites is 1. The van der Waals surface area contributed by atoms with Gasteiger partial charge in [-0.2, -0.15) is 0 Å². The molecular formula is C22H24N2O. The van der Waals surface area contributed by atoms with Crippen LogP contribution in [-0.2, 0) is 6.42 Å². The molecule has 0 spiro atoms. The fourth-order valence-corrected chi connectivity index (χ4v) is 5.07. The minimum Gasteiger partial charge on any atom is -0.460 e. The molecule has 0 saturated carbocycles. The molecule has 2 aromatic heterocycles. The predicted molar refractivity (Wildman–Crippen MR) is 99.7 cm³/mol. The van der Waals surface area contributed by atoms with Crippen molar-refractivity contribution in [2.45, 2.75) is 38.1 Å². The molecule has 0 radical (unpaired) electrons. The number of rotatable bonds is 3. The topological polar surface area (TPSA) is 29.3 Å². The second kappa shape index (κ2) is 5.99. The molecule has 3 aliphatic rings. The van der Waals surface area contributed by atoms with Crippen LogP contribution >= 0.6 is 0 Å². The Balaban J connectivity index is 1.57. The molecule has 3 heteroatoms. The highest BCUT2D eigenvalue weighted by Crippen LogP contribution is 2.47. The van der Waals surface area contributed by atoms with Crippen LogP contribution in [0.4, 0.5) is 0 Å². The number of hydrogen-bond acceptors (Lipinski definition) is 3. The van der Waals surface area contributed by atoms with E-state index in [0.29, 0.717) is 12.0 Å². The first-order valence-corrected chi connectivity index (χ1v) is 9.42. The summed E-state index contributed by atoms with van der Waals surface area (Å²) in [5.41, 5.74) is 3.70. The van der Waals surface area contributed by atoms with E-state index in [-0.39, 0.29) is 0 Å². The number of aryl methyl sites for hydroxylation is 1. The van der Waals surface area contributed by atoms with E-state index in [1.54, 1.807) is 0 Å². The Morgan fingerprint density at radius 1 is 1.12 bits per heavy atom. The highest BCUT2D eigenvalue weighted by Gasteiger charge is 2.45. The molecule has 0 aliphatic carbocycles. The van der Waals surface area contributed by atoms with Crippen molar-refractivity contribution in [1.82, 2.24) is 9.88 Å². The third kappa shape index (κ3) is 2.49. The zero-order valence-corrected chi connectivity index (χ0v) is 14.7. The molecule has 2 unspecified atom stereocenters. The van der Waals surface area contributed by atoms with E-state index in [2.05, 4.69) is 47.1 Å². The van der Waals surface area contributed by atoms with Crippen LogP contribution in [0.25, 0.3) is 11.0 Å². The lowest BCUT2D eigenvalue weighted by Gasteiger charge is -2.50. The van der Waals surface area contributed by atoms with Crippen LogP contribution in [0, 0.1) is 12.8 Å². The van der Waals surface area contributed by atoms with Gasteiger partial charge in [-0.1, -0.05) is 24.3 Å². The number of nitrogens with zero attached hydrogens (tertiary/aromatic N) is 2. The summed E-state index contributed by atoms with van der Waals surface area (Å²) in [6, 6.07) is 13.2. The van der Waals surface area contributed by atoms with Crippen LogP contribution in [0.3, 0.4) is 0 Å². The summed E-state index contributed by atoms with van der Waals surface area (Å²) in [7, 11) is 0. The maximum Gasteiger partial charge on any atom is 0.134 e. The Kier molecular flexibility index (Phi) is 3.63. The van der Waals surface area contributed by atoms with Gasteiger partial charge in [-0.25, -0.2) is 0 Å². The first-order valence-electron chi connectivity index (χ1n) is 9.42. The second-order valence-electron chi connectivity index (χ2n) is 7.62. The molecule has 2 atom stereocenters. The Morgan fingerprint density at radius 3 is 2.72 bits per heavy atom. The first kappa shape index (κ1) is 15.2. The van der Waals surface area contributed by atoms with E-state index in [1.807, 2.05) is 18.5 Å². The van der Waals surface area contributed by atoms with Gasteiger partial charge in [-0.3, -0.25) is 9.88 Å². The maximum atomic E-state index is 6.42. The van der Waals surface area contributed by atoms with Crippen molar-refractivity contribution in [3.05, 3.63) is 65.7 Å². The molecule has 5 heterocycles. The Hall–Kier alpha value is -2.13. The van der Waals surface area contributed by atoms with Gasteiger partial charge in [0.15, 0.2) is 0 Å². The Labute approximate surface area is 148 Å². The number of piperidine rings is 3. The molecule has 3 nitrogen and oxygen atoms in total. The fraction of sp³-hybridized carbons (Fsp3) is 0.409. The number of hydrogen-bond donors (Lipinski definition) is 0. The van der Waals surface area contributed by atoms with Crippen molar-refractivity contribution in [1.29, 1.82) is 0 Å². The van der Waals surface area contributed by atoms with Crippen LogP contribution in [0.5, 0.6) is 0 Å². The standard InChI is InChI=1S/C22H24N2O/c1-15-18-6-2-3-7-20(18)25-22(15)21-17-8-11-24(12-9-17)19(21)13-16-5-4-10-23-14-16/h2-7,10,14,17,19,21H,8-9,11-13H2,1H3. The minimum atomic E-state index is 0.495. The average molecular weight is 332 g/mol. The summed E-state index contributed by atoms with van der Waals surface area (Å²) in [5.74, 6) is 2.46. The summed E-state index contributed by atoms with van der Waals surface area (Å²) in [5, 5.41) is 1.27. The maximum absolute atomic E-state index is 6.42. The fourth-order valence-electron chi connectivity index (χ4n) is 5.07. The molecule has 0 amide bonds. The van der Waals surface area contributed by atoms with Gasteiger partial charge >= 0.3 is 0 Å². The van der Waals surface area contributed by atoms with E-state index in [1.165, 1.54) is 48.2 Å². The van der Waals surface area contributed by atoms with Crippen molar-refractivity contribution in [2.24, 2.45) is 5.92 Å². The van der Waals surface area contributed by atoms with E-state index in [9.17, 15) is 0 Å². The highest BCUT2D eigenvalue weighted by atomic mass is 16.3. The normalized spacial score (nSPS) is 28.5. The molecule has 3 fully saturated rings. The van der Waals surface area contributed by atoms with Crippen molar-refractivity contribution in [2.75, 3.05) is 13.1 Å². The van der Waals surface area contributed by atoms with Crippen molar-refractivity contribution in [3.63, 3.8) is 0 Å². The highest BCUT2D eigenvalue weighted by molar-refractivity contribution is 5.82. The van der Waals surface area contributed by atoms with E-state index in [0.717, 1.165) is 17.9 Å². The molecule has 3 aromatic rings. The number of benzene rings is 1. The van der Waals surface area contributed by atoms with Crippen LogP contribution in [0.1, 0.15) is 35.6 Å². The van der Waals surface area contributed by atoms with Gasteiger partial charge in [0, 0.05) is 29.7 Å². The summed E-state index contributed by atoms with van der Waals surface area (Å²) in [6.07, 6.45) is 7.53. The second-order valence-corrected chi connectivity index (χ2v) is 7.62. The molecular weight excluding hydrogens is 308 g/mol. The van der Waals surface area contributed by atoms with Gasteiger partial charge in [0.25, 0.3) is 0 Å². The molecule has 0 N–H and O–H groups in total. The largest absolute Gasteiger partial charge is 0.460 e. The zero-order chi connectivity index (χ0) is 16.8. The molecule has 128 valence electrons. The lowest BCUT2D eigenvalue weighted by Crippen LogP contribution is -2.54. The third-order valence-electron chi connectivity index (χ3n) is 6.32. The van der Waals surface area contributed by atoms with Gasteiger partial charge < -0.3 is 4.42 Å². The number of fused-ring (bicyclic) bond motifs is 4. The van der Waals surface area contributed by atoms with Crippen molar-refractivity contribution in [3.8, 4) is 0 Å². The minimum absolute atomic E-state index is 0.495. The van der Waals surface area contributed by atoms with E-state index in [4.69, 9.17) is 4.42 Å². The van der Waals surface area contributed by atoms with E-state index >= 15 is 0 Å². The smallest absolute Gasteiger partial charge is 0.134 e. The van der Waals surface area contributed by atoms with Crippen molar-refractivity contribution < 1.29 is 4.42 Å². The first-order chi connectivity index (χ1) is 12.3. The molecule has 3 saturated heterocycles. The molecule has 2 bridgehead atoms. The van der Waals surface area contributed by atoms with Gasteiger partial charge in [0.1, 0.15) is 11.3 Å². The average Bonchev–Trinajstić information content (AvgIpc) is 3.00. The molecule has 6 rings (SSSR count). The van der Waals surface area contributed by atoms with Crippen LogP contribution < -0.4 is 0 Å².